The van der Waals surface area contributed by atoms with Gasteiger partial charge in [0.05, 0.1) is 5.56 Å². The SMILES string of the molecule is C[C@@H](F)COc1ccc(C(N)=O)c(F)c1. The summed E-state index contributed by atoms with van der Waals surface area (Å²) in [6.45, 7) is 1.17. The minimum atomic E-state index is -1.14. The maximum atomic E-state index is 13.2. The molecule has 1 amide bonds. The van der Waals surface area contributed by atoms with Crippen LogP contribution in [-0.4, -0.2) is 18.7 Å². The fourth-order valence-corrected chi connectivity index (χ4v) is 0.997. The van der Waals surface area contributed by atoms with Crippen LogP contribution in [0.4, 0.5) is 8.78 Å². The smallest absolute Gasteiger partial charge is 0.251 e. The van der Waals surface area contributed by atoms with Gasteiger partial charge in [-0.25, -0.2) is 8.78 Å². The molecule has 1 atom stereocenters. The Labute approximate surface area is 85.8 Å². The molecule has 0 saturated carbocycles. The van der Waals surface area contributed by atoms with Gasteiger partial charge < -0.3 is 10.5 Å². The summed E-state index contributed by atoms with van der Waals surface area (Å²) in [5.74, 6) is -1.45. The van der Waals surface area contributed by atoms with Crippen LogP contribution in [0.15, 0.2) is 18.2 Å². The summed E-state index contributed by atoms with van der Waals surface area (Å²) in [6, 6.07) is 3.57. The van der Waals surface area contributed by atoms with Crippen molar-refractivity contribution < 1.29 is 18.3 Å². The van der Waals surface area contributed by atoms with Crippen LogP contribution < -0.4 is 10.5 Å². The lowest BCUT2D eigenvalue weighted by Gasteiger charge is -2.07. The van der Waals surface area contributed by atoms with E-state index >= 15 is 0 Å². The Morgan fingerprint density at radius 1 is 1.60 bits per heavy atom. The van der Waals surface area contributed by atoms with Crippen LogP contribution in [0.3, 0.4) is 0 Å². The van der Waals surface area contributed by atoms with Crippen LogP contribution >= 0.6 is 0 Å². The first kappa shape index (κ1) is 11.4. The lowest BCUT2D eigenvalue weighted by molar-refractivity contribution is 0.0996. The van der Waals surface area contributed by atoms with E-state index in [2.05, 4.69) is 0 Å². The van der Waals surface area contributed by atoms with Crippen molar-refractivity contribution in [2.75, 3.05) is 6.61 Å². The van der Waals surface area contributed by atoms with Gasteiger partial charge >= 0.3 is 0 Å². The molecule has 15 heavy (non-hydrogen) atoms. The molecule has 0 aliphatic carbocycles. The highest BCUT2D eigenvalue weighted by molar-refractivity contribution is 5.93. The van der Waals surface area contributed by atoms with Crippen LogP contribution in [-0.2, 0) is 0 Å². The number of rotatable bonds is 4. The quantitative estimate of drug-likeness (QED) is 0.830. The molecular weight excluding hydrogens is 204 g/mol. The van der Waals surface area contributed by atoms with Gasteiger partial charge in [0.25, 0.3) is 5.91 Å². The van der Waals surface area contributed by atoms with Crippen molar-refractivity contribution in [2.45, 2.75) is 13.1 Å². The molecular formula is C10H11F2NO2. The highest BCUT2D eigenvalue weighted by atomic mass is 19.1. The Kier molecular flexibility index (Phi) is 3.60. The third kappa shape index (κ3) is 3.19. The van der Waals surface area contributed by atoms with E-state index in [1.165, 1.54) is 19.1 Å². The van der Waals surface area contributed by atoms with Crippen LogP contribution in [0, 0.1) is 5.82 Å². The molecule has 1 aromatic carbocycles. The van der Waals surface area contributed by atoms with Crippen molar-refractivity contribution in [3.63, 3.8) is 0 Å². The fourth-order valence-electron chi connectivity index (χ4n) is 0.997. The highest BCUT2D eigenvalue weighted by Crippen LogP contribution is 2.16. The lowest BCUT2D eigenvalue weighted by Crippen LogP contribution is -2.13. The molecule has 0 saturated heterocycles. The van der Waals surface area contributed by atoms with Gasteiger partial charge in [-0.15, -0.1) is 0 Å². The summed E-state index contributed by atoms with van der Waals surface area (Å²) in [5, 5.41) is 0. The molecule has 0 heterocycles. The van der Waals surface area contributed by atoms with Crippen molar-refractivity contribution in [1.82, 2.24) is 0 Å². The first-order chi connectivity index (χ1) is 7.00. The van der Waals surface area contributed by atoms with Crippen molar-refractivity contribution >= 4 is 5.91 Å². The van der Waals surface area contributed by atoms with E-state index in [1.54, 1.807) is 0 Å². The Bertz CT molecular complexity index is 366. The van der Waals surface area contributed by atoms with Gasteiger partial charge in [0, 0.05) is 6.07 Å². The third-order valence-corrected chi connectivity index (χ3v) is 1.69. The number of ether oxygens (including phenoxy) is 1. The van der Waals surface area contributed by atoms with E-state index in [9.17, 15) is 13.6 Å². The van der Waals surface area contributed by atoms with Gasteiger partial charge in [0.1, 0.15) is 24.3 Å². The summed E-state index contributed by atoms with van der Waals surface area (Å²) < 4.78 is 30.5. The zero-order chi connectivity index (χ0) is 11.4. The summed E-state index contributed by atoms with van der Waals surface area (Å²) in [6.07, 6.45) is -1.14. The average Bonchev–Trinajstić information content (AvgIpc) is 2.14. The Morgan fingerprint density at radius 3 is 2.73 bits per heavy atom. The lowest BCUT2D eigenvalue weighted by atomic mass is 10.2. The van der Waals surface area contributed by atoms with E-state index in [0.29, 0.717) is 0 Å². The molecule has 1 aromatic rings. The largest absolute Gasteiger partial charge is 0.490 e. The van der Waals surface area contributed by atoms with E-state index in [0.717, 1.165) is 6.07 Å². The summed E-state index contributed by atoms with van der Waals surface area (Å²) in [4.78, 5) is 10.7. The first-order valence-corrected chi connectivity index (χ1v) is 4.37. The van der Waals surface area contributed by atoms with Crippen molar-refractivity contribution in [1.29, 1.82) is 0 Å². The number of hydrogen-bond donors (Lipinski definition) is 1. The second-order valence-electron chi connectivity index (χ2n) is 3.10. The minimum Gasteiger partial charge on any atom is -0.490 e. The second kappa shape index (κ2) is 4.72. The summed E-state index contributed by atoms with van der Waals surface area (Å²) >= 11 is 0. The molecule has 0 unspecified atom stereocenters. The standard InChI is InChI=1S/C10H11F2NO2/c1-6(11)5-15-7-2-3-8(10(13)14)9(12)4-7/h2-4,6H,5H2,1H3,(H2,13,14)/t6-/m1/s1. The maximum absolute atomic E-state index is 13.2. The number of carbonyl (C=O) groups is 1. The second-order valence-corrected chi connectivity index (χ2v) is 3.10. The predicted octanol–water partition coefficient (Wildman–Crippen LogP) is 1.66. The van der Waals surface area contributed by atoms with Crippen molar-refractivity contribution in [2.24, 2.45) is 5.73 Å². The number of primary amides is 1. The zero-order valence-corrected chi connectivity index (χ0v) is 8.17. The Hall–Kier alpha value is -1.65. The minimum absolute atomic E-state index is 0.157. The van der Waals surface area contributed by atoms with Crippen LogP contribution in [0.25, 0.3) is 0 Å². The van der Waals surface area contributed by atoms with Crippen LogP contribution in [0.2, 0.25) is 0 Å². The molecule has 0 aromatic heterocycles. The monoisotopic (exact) mass is 215 g/mol. The van der Waals surface area contributed by atoms with E-state index < -0.39 is 17.9 Å². The fraction of sp³-hybridized carbons (Fsp3) is 0.300. The molecule has 82 valence electrons. The normalized spacial score (nSPS) is 12.2. The van der Waals surface area contributed by atoms with Gasteiger partial charge in [-0.05, 0) is 19.1 Å². The van der Waals surface area contributed by atoms with Crippen molar-refractivity contribution in [3.8, 4) is 5.75 Å². The molecule has 0 radical (unpaired) electrons. The number of alkyl halides is 1. The van der Waals surface area contributed by atoms with Crippen molar-refractivity contribution in [3.05, 3.63) is 29.6 Å². The number of carbonyl (C=O) groups excluding carboxylic acids is 1. The molecule has 1 rings (SSSR count). The topological polar surface area (TPSA) is 52.3 Å². The van der Waals surface area contributed by atoms with E-state index in [-0.39, 0.29) is 17.9 Å². The van der Waals surface area contributed by atoms with Gasteiger partial charge in [-0.2, -0.15) is 0 Å². The molecule has 0 spiro atoms. The molecule has 0 aliphatic heterocycles. The first-order valence-electron chi connectivity index (χ1n) is 4.37. The molecule has 3 nitrogen and oxygen atoms in total. The molecule has 2 N–H and O–H groups in total. The predicted molar refractivity (Wildman–Crippen MR) is 51.0 cm³/mol. The van der Waals surface area contributed by atoms with E-state index in [4.69, 9.17) is 10.5 Å². The third-order valence-electron chi connectivity index (χ3n) is 1.69. The van der Waals surface area contributed by atoms with Crippen LogP contribution in [0.5, 0.6) is 5.75 Å². The van der Waals surface area contributed by atoms with E-state index in [1.807, 2.05) is 0 Å². The zero-order valence-electron chi connectivity index (χ0n) is 8.17. The highest BCUT2D eigenvalue weighted by Gasteiger charge is 2.09. The van der Waals surface area contributed by atoms with Gasteiger partial charge in [0.15, 0.2) is 0 Å². The number of hydrogen-bond acceptors (Lipinski definition) is 2. The number of nitrogens with two attached hydrogens (primary N) is 1. The summed E-state index contributed by atoms with van der Waals surface area (Å²) in [5.41, 5.74) is 4.69. The number of amides is 1. The number of halogens is 2. The molecule has 0 aliphatic rings. The average molecular weight is 215 g/mol. The number of benzene rings is 1. The molecule has 5 heteroatoms. The Morgan fingerprint density at radius 2 is 2.27 bits per heavy atom. The molecule has 0 bridgehead atoms. The van der Waals surface area contributed by atoms with Gasteiger partial charge in [0.2, 0.25) is 0 Å². The Balaban J connectivity index is 2.78. The maximum Gasteiger partial charge on any atom is 0.251 e. The summed E-state index contributed by atoms with van der Waals surface area (Å²) in [7, 11) is 0. The van der Waals surface area contributed by atoms with Crippen LogP contribution in [0.1, 0.15) is 17.3 Å². The molecule has 0 fully saturated rings. The van der Waals surface area contributed by atoms with Gasteiger partial charge in [-0.3, -0.25) is 4.79 Å². The van der Waals surface area contributed by atoms with Gasteiger partial charge in [-0.1, -0.05) is 0 Å².